The Bertz CT molecular complexity index is 775. The van der Waals surface area contributed by atoms with Crippen molar-refractivity contribution in [3.63, 3.8) is 0 Å². The topological polar surface area (TPSA) is 62.6 Å². The average molecular weight is 403 g/mol. The lowest BCUT2D eigenvalue weighted by molar-refractivity contribution is -0.260. The SMILES string of the molecule is C=C1CCC2[C@]3(C)COCO[C@@H]3CC[C@@]2(C)[C@@H]1CCn1cc(C(=O)OCC)cn1. The molecular formula is C23H34N2O4. The number of carbonyl (C=O) groups is 1. The molecule has 29 heavy (non-hydrogen) atoms. The monoisotopic (exact) mass is 402 g/mol. The van der Waals surface area contributed by atoms with Crippen molar-refractivity contribution in [3.05, 3.63) is 30.1 Å². The number of hydrogen-bond donors (Lipinski definition) is 0. The van der Waals surface area contributed by atoms with E-state index in [9.17, 15) is 4.79 Å². The summed E-state index contributed by atoms with van der Waals surface area (Å²) in [5, 5.41) is 4.38. The lowest BCUT2D eigenvalue weighted by Gasteiger charge is -2.62. The predicted octanol–water partition coefficient (Wildman–Crippen LogP) is 4.21. The van der Waals surface area contributed by atoms with Crippen molar-refractivity contribution in [3.8, 4) is 0 Å². The maximum Gasteiger partial charge on any atom is 0.341 e. The summed E-state index contributed by atoms with van der Waals surface area (Å²) in [6, 6.07) is 0. The van der Waals surface area contributed by atoms with E-state index in [1.807, 2.05) is 11.6 Å². The van der Waals surface area contributed by atoms with Crippen LogP contribution in [0.15, 0.2) is 24.5 Å². The van der Waals surface area contributed by atoms with Crippen LogP contribution < -0.4 is 0 Å². The molecule has 0 radical (unpaired) electrons. The van der Waals surface area contributed by atoms with Gasteiger partial charge in [0.05, 0.1) is 31.1 Å². The van der Waals surface area contributed by atoms with Gasteiger partial charge in [-0.1, -0.05) is 26.0 Å². The molecule has 4 rings (SSSR count). The Morgan fingerprint density at radius 2 is 2.21 bits per heavy atom. The summed E-state index contributed by atoms with van der Waals surface area (Å²) in [6.07, 6.45) is 9.17. The highest BCUT2D eigenvalue weighted by Crippen LogP contribution is 2.62. The molecule has 2 saturated carbocycles. The molecule has 6 heteroatoms. The lowest BCUT2D eigenvalue weighted by atomic mass is 9.46. The Morgan fingerprint density at radius 1 is 1.38 bits per heavy atom. The van der Waals surface area contributed by atoms with Crippen LogP contribution in [0.4, 0.5) is 0 Å². The molecule has 0 N–H and O–H groups in total. The van der Waals surface area contributed by atoms with Crippen molar-refractivity contribution in [1.82, 2.24) is 9.78 Å². The van der Waals surface area contributed by atoms with Gasteiger partial charge in [-0.15, -0.1) is 0 Å². The maximum absolute atomic E-state index is 11.9. The Hall–Kier alpha value is -1.66. The fraction of sp³-hybridized carbons (Fsp3) is 0.739. The molecule has 1 aromatic rings. The molecule has 0 aromatic carbocycles. The van der Waals surface area contributed by atoms with Gasteiger partial charge in [-0.05, 0) is 56.3 Å². The van der Waals surface area contributed by atoms with Gasteiger partial charge < -0.3 is 14.2 Å². The Labute approximate surface area is 173 Å². The minimum atomic E-state index is -0.309. The number of fused-ring (bicyclic) bond motifs is 3. The number of hydrogen-bond acceptors (Lipinski definition) is 5. The second kappa shape index (κ2) is 7.88. The fourth-order valence-electron chi connectivity index (χ4n) is 6.43. The van der Waals surface area contributed by atoms with Crippen LogP contribution in [-0.2, 0) is 20.8 Å². The number of aryl methyl sites for hydroxylation is 1. The summed E-state index contributed by atoms with van der Waals surface area (Å²) in [5.41, 5.74) is 2.15. The van der Waals surface area contributed by atoms with Crippen LogP contribution in [0.25, 0.3) is 0 Å². The summed E-state index contributed by atoms with van der Waals surface area (Å²) in [5.74, 6) is 0.699. The first-order chi connectivity index (χ1) is 13.9. The zero-order valence-electron chi connectivity index (χ0n) is 18.0. The molecule has 0 bridgehead atoms. The van der Waals surface area contributed by atoms with Crippen molar-refractivity contribution < 1.29 is 19.0 Å². The third-order valence-electron chi connectivity index (χ3n) is 7.87. The smallest absolute Gasteiger partial charge is 0.341 e. The van der Waals surface area contributed by atoms with Crippen LogP contribution >= 0.6 is 0 Å². The second-order valence-electron chi connectivity index (χ2n) is 9.48. The van der Waals surface area contributed by atoms with Crippen LogP contribution in [0.1, 0.15) is 63.2 Å². The van der Waals surface area contributed by atoms with Gasteiger partial charge in [-0.25, -0.2) is 4.79 Å². The Kier molecular flexibility index (Phi) is 5.60. The van der Waals surface area contributed by atoms with E-state index in [0.717, 1.165) is 38.8 Å². The van der Waals surface area contributed by atoms with E-state index < -0.39 is 0 Å². The number of carbonyl (C=O) groups excluding carboxylic acids is 1. The first-order valence-electron chi connectivity index (χ1n) is 10.9. The number of aromatic nitrogens is 2. The standard InChI is InChI=1S/C23H34N2O4/c1-5-28-21(26)17-12-24-25(13-17)11-9-18-16(2)6-7-19-22(18,3)10-8-20-23(19,4)14-27-15-29-20/h12-13,18-20H,2,5-11,14-15H2,1,3-4H3/t18-,19?,20-,22+,23+/m1/s1. The van der Waals surface area contributed by atoms with E-state index in [0.29, 0.717) is 36.9 Å². The van der Waals surface area contributed by atoms with Crippen LogP contribution in [0.3, 0.4) is 0 Å². The maximum atomic E-state index is 11.9. The minimum absolute atomic E-state index is 0.0764. The molecule has 1 saturated heterocycles. The van der Waals surface area contributed by atoms with Gasteiger partial charge in [0.1, 0.15) is 6.79 Å². The van der Waals surface area contributed by atoms with E-state index in [1.54, 1.807) is 12.4 Å². The molecular weight excluding hydrogens is 368 g/mol. The highest BCUT2D eigenvalue weighted by atomic mass is 16.7. The van der Waals surface area contributed by atoms with Crippen molar-refractivity contribution in [2.24, 2.45) is 22.7 Å². The number of ether oxygens (including phenoxy) is 3. The van der Waals surface area contributed by atoms with Crippen LogP contribution in [0.2, 0.25) is 0 Å². The average Bonchev–Trinajstić information content (AvgIpc) is 3.16. The van der Waals surface area contributed by atoms with E-state index >= 15 is 0 Å². The van der Waals surface area contributed by atoms with Crippen molar-refractivity contribution in [2.75, 3.05) is 20.0 Å². The van der Waals surface area contributed by atoms with Gasteiger partial charge >= 0.3 is 5.97 Å². The molecule has 1 unspecified atom stereocenters. The minimum Gasteiger partial charge on any atom is -0.462 e. The van der Waals surface area contributed by atoms with Crippen LogP contribution in [-0.4, -0.2) is 41.9 Å². The van der Waals surface area contributed by atoms with E-state index in [-0.39, 0.29) is 16.8 Å². The number of esters is 1. The molecule has 3 fully saturated rings. The summed E-state index contributed by atoms with van der Waals surface area (Å²) in [4.78, 5) is 11.9. The van der Waals surface area contributed by atoms with Crippen LogP contribution in [0.5, 0.6) is 0 Å². The molecule has 1 aromatic heterocycles. The van der Waals surface area contributed by atoms with Gasteiger partial charge in [-0.3, -0.25) is 4.68 Å². The number of allylic oxidation sites excluding steroid dienone is 1. The first-order valence-corrected chi connectivity index (χ1v) is 10.9. The molecule has 0 spiro atoms. The summed E-state index contributed by atoms with van der Waals surface area (Å²) >= 11 is 0. The zero-order valence-corrected chi connectivity index (χ0v) is 18.0. The van der Waals surface area contributed by atoms with Gasteiger partial charge in [0, 0.05) is 18.2 Å². The lowest BCUT2D eigenvalue weighted by Crippen LogP contribution is -2.60. The van der Waals surface area contributed by atoms with E-state index in [2.05, 4.69) is 25.5 Å². The van der Waals surface area contributed by atoms with Gasteiger partial charge in [0.25, 0.3) is 0 Å². The summed E-state index contributed by atoms with van der Waals surface area (Å²) in [6.45, 7) is 13.5. The molecule has 0 amide bonds. The molecule has 2 heterocycles. The molecule has 160 valence electrons. The fourth-order valence-corrected chi connectivity index (χ4v) is 6.43. The summed E-state index contributed by atoms with van der Waals surface area (Å²) in [7, 11) is 0. The molecule has 5 atom stereocenters. The first kappa shape index (κ1) is 20.6. The van der Waals surface area contributed by atoms with Crippen molar-refractivity contribution >= 4 is 5.97 Å². The highest BCUT2D eigenvalue weighted by Gasteiger charge is 2.59. The molecule has 6 nitrogen and oxygen atoms in total. The zero-order chi connectivity index (χ0) is 20.6. The quantitative estimate of drug-likeness (QED) is 0.545. The Morgan fingerprint density at radius 3 is 3.00 bits per heavy atom. The number of nitrogens with zero attached hydrogens (tertiary/aromatic N) is 2. The van der Waals surface area contributed by atoms with E-state index in [4.69, 9.17) is 14.2 Å². The second-order valence-corrected chi connectivity index (χ2v) is 9.48. The van der Waals surface area contributed by atoms with Gasteiger partial charge in [0.15, 0.2) is 0 Å². The van der Waals surface area contributed by atoms with Crippen molar-refractivity contribution in [2.45, 2.75) is 65.5 Å². The predicted molar refractivity (Wildman–Crippen MR) is 109 cm³/mol. The third kappa shape index (κ3) is 3.55. The molecule has 3 aliphatic rings. The van der Waals surface area contributed by atoms with Gasteiger partial charge in [0.2, 0.25) is 0 Å². The molecule has 1 aliphatic heterocycles. The summed E-state index contributed by atoms with van der Waals surface area (Å²) < 4.78 is 18.7. The Balaban J connectivity index is 1.50. The third-order valence-corrected chi connectivity index (χ3v) is 7.87. The molecule has 2 aliphatic carbocycles. The normalized spacial score (nSPS) is 36.9. The number of rotatable bonds is 5. The van der Waals surface area contributed by atoms with Crippen molar-refractivity contribution in [1.29, 1.82) is 0 Å². The van der Waals surface area contributed by atoms with Crippen LogP contribution in [0, 0.1) is 22.7 Å². The van der Waals surface area contributed by atoms with E-state index in [1.165, 1.54) is 12.0 Å². The largest absolute Gasteiger partial charge is 0.462 e. The van der Waals surface area contributed by atoms with Gasteiger partial charge in [-0.2, -0.15) is 5.10 Å². The highest BCUT2D eigenvalue weighted by molar-refractivity contribution is 5.88.